The lowest BCUT2D eigenvalue weighted by Crippen LogP contribution is -2.19. The van der Waals surface area contributed by atoms with Crippen LogP contribution in [0.4, 0.5) is 11.4 Å². The van der Waals surface area contributed by atoms with Crippen molar-refractivity contribution in [3.05, 3.63) is 18.5 Å². The van der Waals surface area contributed by atoms with E-state index in [2.05, 4.69) is 10.1 Å². The van der Waals surface area contributed by atoms with Crippen molar-refractivity contribution >= 4 is 23.0 Å². The Morgan fingerprint density at radius 1 is 1.38 bits per heavy atom. The molecule has 0 spiro atoms. The van der Waals surface area contributed by atoms with Crippen LogP contribution in [-0.2, 0) is 4.79 Å². The lowest BCUT2D eigenvalue weighted by Gasteiger charge is -2.10. The number of amides is 1. The minimum absolute atomic E-state index is 0.00861. The van der Waals surface area contributed by atoms with Crippen molar-refractivity contribution in [3.8, 4) is 0 Å². The second-order valence-electron chi connectivity index (χ2n) is 4.22. The molecule has 0 aromatic carbocycles. The monoisotopic (exact) mass is 216 g/mol. The number of carbonyl (C=O) groups excluding carboxylic acids is 1. The van der Waals surface area contributed by atoms with Crippen LogP contribution in [-0.4, -0.2) is 16.6 Å². The van der Waals surface area contributed by atoms with Crippen molar-refractivity contribution in [2.45, 2.75) is 19.3 Å². The van der Waals surface area contributed by atoms with Crippen LogP contribution in [0.1, 0.15) is 19.3 Å². The average Bonchev–Trinajstić information content (AvgIpc) is 3.02. The zero-order valence-corrected chi connectivity index (χ0v) is 8.76. The Bertz CT molecular complexity index is 479. The average molecular weight is 216 g/mol. The number of hydrazone groups is 1. The Hall–Kier alpha value is -1.91. The Balaban J connectivity index is 1.91. The number of rotatable bonds is 2. The van der Waals surface area contributed by atoms with E-state index in [0.29, 0.717) is 23.7 Å². The summed E-state index contributed by atoms with van der Waals surface area (Å²) in [6, 6.07) is 1.71. The molecule has 0 unspecified atom stereocenters. The van der Waals surface area contributed by atoms with Gasteiger partial charge in [0.2, 0.25) is 0 Å². The zero-order chi connectivity index (χ0) is 11.1. The molecule has 1 fully saturated rings. The molecule has 1 aliphatic heterocycles. The number of carbonyl (C=O) groups is 1. The van der Waals surface area contributed by atoms with Gasteiger partial charge in [-0.05, 0) is 24.8 Å². The highest BCUT2D eigenvalue weighted by Gasteiger charge is 2.35. The third-order valence-corrected chi connectivity index (χ3v) is 2.84. The summed E-state index contributed by atoms with van der Waals surface area (Å²) in [6.45, 7) is 0. The van der Waals surface area contributed by atoms with Gasteiger partial charge in [0.25, 0.3) is 5.91 Å². The highest BCUT2D eigenvalue weighted by molar-refractivity contribution is 6.14. The molecule has 2 N–H and O–H groups in total. The van der Waals surface area contributed by atoms with Gasteiger partial charge in [0.1, 0.15) is 0 Å². The summed E-state index contributed by atoms with van der Waals surface area (Å²) in [5, 5.41) is 5.76. The van der Waals surface area contributed by atoms with Gasteiger partial charge in [0.05, 0.1) is 29.7 Å². The topological polar surface area (TPSA) is 71.6 Å². The molecule has 2 heterocycles. The third kappa shape index (κ3) is 1.54. The van der Waals surface area contributed by atoms with Crippen LogP contribution >= 0.6 is 0 Å². The lowest BCUT2D eigenvalue weighted by molar-refractivity contribution is -0.116. The Morgan fingerprint density at radius 2 is 2.19 bits per heavy atom. The molecular weight excluding hydrogens is 204 g/mol. The molecule has 0 bridgehead atoms. The molecule has 5 heteroatoms. The number of nitrogen functional groups attached to an aromatic ring is 1. The summed E-state index contributed by atoms with van der Waals surface area (Å²) in [4.78, 5) is 15.7. The van der Waals surface area contributed by atoms with Gasteiger partial charge >= 0.3 is 0 Å². The molecule has 2 aliphatic rings. The van der Waals surface area contributed by atoms with Gasteiger partial charge in [-0.25, -0.2) is 0 Å². The summed E-state index contributed by atoms with van der Waals surface area (Å²) in [6.07, 6.45) is 5.92. The van der Waals surface area contributed by atoms with E-state index in [1.165, 1.54) is 5.01 Å². The molecule has 16 heavy (non-hydrogen) atoms. The van der Waals surface area contributed by atoms with E-state index in [0.717, 1.165) is 18.6 Å². The van der Waals surface area contributed by atoms with Crippen molar-refractivity contribution in [2.75, 3.05) is 10.7 Å². The minimum Gasteiger partial charge on any atom is -0.397 e. The first-order chi connectivity index (χ1) is 7.74. The van der Waals surface area contributed by atoms with Crippen molar-refractivity contribution in [1.29, 1.82) is 0 Å². The van der Waals surface area contributed by atoms with Gasteiger partial charge < -0.3 is 5.73 Å². The molecule has 1 saturated carbocycles. The minimum atomic E-state index is 0.00861. The SMILES string of the molecule is Nc1cncc(N2N=C(C3CC3)CC2=O)c1. The largest absolute Gasteiger partial charge is 0.397 e. The predicted octanol–water partition coefficient (Wildman–Crippen LogP) is 1.17. The molecule has 82 valence electrons. The zero-order valence-electron chi connectivity index (χ0n) is 8.76. The number of pyridine rings is 1. The quantitative estimate of drug-likeness (QED) is 0.806. The Labute approximate surface area is 93.0 Å². The maximum atomic E-state index is 11.8. The van der Waals surface area contributed by atoms with Crippen LogP contribution in [0.5, 0.6) is 0 Å². The van der Waals surface area contributed by atoms with Crippen LogP contribution in [0.2, 0.25) is 0 Å². The Morgan fingerprint density at radius 3 is 2.88 bits per heavy atom. The Kier molecular flexibility index (Phi) is 1.92. The van der Waals surface area contributed by atoms with E-state index in [1.807, 2.05) is 0 Å². The van der Waals surface area contributed by atoms with Crippen molar-refractivity contribution < 1.29 is 4.79 Å². The van der Waals surface area contributed by atoms with Crippen LogP contribution in [0, 0.1) is 5.92 Å². The van der Waals surface area contributed by atoms with Crippen molar-refractivity contribution in [2.24, 2.45) is 11.0 Å². The first-order valence-corrected chi connectivity index (χ1v) is 5.35. The van der Waals surface area contributed by atoms with Crippen molar-refractivity contribution in [1.82, 2.24) is 4.98 Å². The van der Waals surface area contributed by atoms with Crippen LogP contribution < -0.4 is 10.7 Å². The summed E-state index contributed by atoms with van der Waals surface area (Å²) >= 11 is 0. The summed E-state index contributed by atoms with van der Waals surface area (Å²) < 4.78 is 0. The standard InChI is InChI=1S/C11H12N4O/c12-8-3-9(6-13-5-8)15-11(16)4-10(14-15)7-1-2-7/h3,5-7H,1-2,4,12H2. The van der Waals surface area contributed by atoms with E-state index >= 15 is 0 Å². The van der Waals surface area contributed by atoms with E-state index < -0.39 is 0 Å². The maximum absolute atomic E-state index is 11.8. The fourth-order valence-electron chi connectivity index (χ4n) is 1.85. The first-order valence-electron chi connectivity index (χ1n) is 5.35. The number of nitrogens with two attached hydrogens (primary N) is 1. The fourth-order valence-corrected chi connectivity index (χ4v) is 1.85. The number of aromatic nitrogens is 1. The first kappa shape index (κ1) is 9.33. The van der Waals surface area contributed by atoms with E-state index in [4.69, 9.17) is 5.73 Å². The summed E-state index contributed by atoms with van der Waals surface area (Å²) in [5.74, 6) is 0.539. The smallest absolute Gasteiger partial charge is 0.253 e. The molecular formula is C11H12N4O. The molecule has 0 saturated heterocycles. The molecule has 1 aromatic heterocycles. The second-order valence-corrected chi connectivity index (χ2v) is 4.22. The maximum Gasteiger partial charge on any atom is 0.253 e. The number of hydrogen-bond acceptors (Lipinski definition) is 4. The molecule has 3 rings (SSSR count). The highest BCUT2D eigenvalue weighted by atomic mass is 16.2. The van der Waals surface area contributed by atoms with Gasteiger partial charge in [0, 0.05) is 6.20 Å². The number of nitrogens with zero attached hydrogens (tertiary/aromatic N) is 3. The highest BCUT2D eigenvalue weighted by Crippen LogP contribution is 2.35. The van der Waals surface area contributed by atoms with Gasteiger partial charge in [-0.15, -0.1) is 0 Å². The molecule has 1 aromatic rings. The van der Waals surface area contributed by atoms with Gasteiger partial charge in [-0.3, -0.25) is 9.78 Å². The van der Waals surface area contributed by atoms with Gasteiger partial charge in [0.15, 0.2) is 0 Å². The number of hydrogen-bond donors (Lipinski definition) is 1. The third-order valence-electron chi connectivity index (χ3n) is 2.84. The molecule has 0 radical (unpaired) electrons. The van der Waals surface area contributed by atoms with Crippen molar-refractivity contribution in [3.63, 3.8) is 0 Å². The van der Waals surface area contributed by atoms with Crippen LogP contribution in [0.15, 0.2) is 23.6 Å². The van der Waals surface area contributed by atoms with Crippen LogP contribution in [0.3, 0.4) is 0 Å². The van der Waals surface area contributed by atoms with Gasteiger partial charge in [-0.1, -0.05) is 0 Å². The van der Waals surface area contributed by atoms with E-state index in [9.17, 15) is 4.79 Å². The van der Waals surface area contributed by atoms with E-state index in [-0.39, 0.29) is 5.91 Å². The molecule has 0 atom stereocenters. The fraction of sp³-hybridized carbons (Fsp3) is 0.364. The summed E-state index contributed by atoms with van der Waals surface area (Å²) in [5.41, 5.74) is 7.83. The molecule has 5 nitrogen and oxygen atoms in total. The lowest BCUT2D eigenvalue weighted by atomic mass is 10.2. The summed E-state index contributed by atoms with van der Waals surface area (Å²) in [7, 11) is 0. The second kappa shape index (κ2) is 3.30. The number of anilines is 2. The predicted molar refractivity (Wildman–Crippen MR) is 60.9 cm³/mol. The normalized spacial score (nSPS) is 20.1. The molecule has 1 amide bonds. The van der Waals surface area contributed by atoms with E-state index in [1.54, 1.807) is 18.5 Å². The molecule has 1 aliphatic carbocycles. The van der Waals surface area contributed by atoms with Gasteiger partial charge in [-0.2, -0.15) is 10.1 Å². The van der Waals surface area contributed by atoms with Crippen LogP contribution in [0.25, 0.3) is 0 Å².